The zero-order valence-electron chi connectivity index (χ0n) is 11.4. The minimum absolute atomic E-state index is 0.239. The minimum atomic E-state index is -0.239. The molecule has 0 radical (unpaired) electrons. The molecule has 0 saturated heterocycles. The molecular formula is C15H18N2O2. The van der Waals surface area contributed by atoms with Gasteiger partial charge in [0.15, 0.2) is 0 Å². The number of furan rings is 1. The van der Waals surface area contributed by atoms with E-state index < -0.39 is 0 Å². The van der Waals surface area contributed by atoms with Gasteiger partial charge in [-0.15, -0.1) is 0 Å². The molecule has 2 amide bonds. The second kappa shape index (κ2) is 5.61. The Morgan fingerprint density at radius 3 is 2.53 bits per heavy atom. The van der Waals surface area contributed by atoms with Crippen LogP contribution in [0.5, 0.6) is 0 Å². The molecule has 0 aliphatic carbocycles. The predicted octanol–water partition coefficient (Wildman–Crippen LogP) is 3.53. The summed E-state index contributed by atoms with van der Waals surface area (Å²) in [6.45, 7) is 6.31. The number of rotatable bonds is 3. The second-order valence-corrected chi connectivity index (χ2v) is 4.62. The number of anilines is 1. The highest BCUT2D eigenvalue weighted by molar-refractivity contribution is 5.89. The van der Waals surface area contributed by atoms with Gasteiger partial charge in [-0.2, -0.15) is 0 Å². The van der Waals surface area contributed by atoms with E-state index in [1.807, 2.05) is 51.1 Å². The third kappa shape index (κ3) is 3.61. The van der Waals surface area contributed by atoms with Crippen LogP contribution in [0.25, 0.3) is 0 Å². The van der Waals surface area contributed by atoms with E-state index in [2.05, 4.69) is 10.6 Å². The van der Waals surface area contributed by atoms with Crippen molar-refractivity contribution in [2.75, 3.05) is 5.32 Å². The fourth-order valence-corrected chi connectivity index (χ4v) is 1.74. The van der Waals surface area contributed by atoms with E-state index in [1.54, 1.807) is 0 Å². The first kappa shape index (κ1) is 13.2. The maximum atomic E-state index is 11.7. The molecule has 2 N–H and O–H groups in total. The maximum absolute atomic E-state index is 11.7. The van der Waals surface area contributed by atoms with Crippen molar-refractivity contribution in [2.24, 2.45) is 0 Å². The third-order valence-electron chi connectivity index (χ3n) is 2.98. The first-order chi connectivity index (χ1) is 9.04. The van der Waals surface area contributed by atoms with Crippen LogP contribution in [-0.2, 0) is 6.54 Å². The Kier molecular flexibility index (Phi) is 3.90. The van der Waals surface area contributed by atoms with Crippen molar-refractivity contribution >= 4 is 11.7 Å². The van der Waals surface area contributed by atoms with Gasteiger partial charge in [-0.3, -0.25) is 0 Å². The highest BCUT2D eigenvalue weighted by atomic mass is 16.3. The van der Waals surface area contributed by atoms with Crippen molar-refractivity contribution in [3.63, 3.8) is 0 Å². The Balaban J connectivity index is 1.88. The van der Waals surface area contributed by atoms with Crippen molar-refractivity contribution < 1.29 is 9.21 Å². The van der Waals surface area contributed by atoms with Crippen LogP contribution < -0.4 is 10.6 Å². The zero-order chi connectivity index (χ0) is 13.8. The highest BCUT2D eigenvalue weighted by Crippen LogP contribution is 2.14. The van der Waals surface area contributed by atoms with Gasteiger partial charge in [-0.1, -0.05) is 6.07 Å². The molecule has 2 aromatic rings. The highest BCUT2D eigenvalue weighted by Gasteiger charge is 2.04. The maximum Gasteiger partial charge on any atom is 0.319 e. The van der Waals surface area contributed by atoms with Crippen molar-refractivity contribution in [3.8, 4) is 0 Å². The lowest BCUT2D eigenvalue weighted by atomic mass is 10.1. The third-order valence-corrected chi connectivity index (χ3v) is 2.98. The first-order valence-corrected chi connectivity index (χ1v) is 6.22. The molecule has 0 bridgehead atoms. The lowest BCUT2D eigenvalue weighted by Gasteiger charge is -2.08. The van der Waals surface area contributed by atoms with Crippen LogP contribution in [0.2, 0.25) is 0 Å². The van der Waals surface area contributed by atoms with E-state index in [1.165, 1.54) is 5.56 Å². The molecule has 4 nitrogen and oxygen atoms in total. The summed E-state index contributed by atoms with van der Waals surface area (Å²) in [5, 5.41) is 5.55. The Morgan fingerprint density at radius 2 is 1.89 bits per heavy atom. The summed E-state index contributed by atoms with van der Waals surface area (Å²) in [6.07, 6.45) is 0. The number of carbonyl (C=O) groups is 1. The molecule has 0 spiro atoms. The summed E-state index contributed by atoms with van der Waals surface area (Å²) in [5.41, 5.74) is 3.15. The van der Waals surface area contributed by atoms with Gasteiger partial charge >= 0.3 is 6.03 Å². The van der Waals surface area contributed by atoms with Crippen molar-refractivity contribution in [2.45, 2.75) is 27.3 Å². The van der Waals surface area contributed by atoms with E-state index in [9.17, 15) is 4.79 Å². The molecule has 1 aromatic carbocycles. The molecule has 0 saturated carbocycles. The van der Waals surface area contributed by atoms with Crippen molar-refractivity contribution in [3.05, 3.63) is 53.0 Å². The largest absolute Gasteiger partial charge is 0.465 e. The summed E-state index contributed by atoms with van der Waals surface area (Å²) >= 11 is 0. The number of nitrogens with one attached hydrogen (secondary N) is 2. The normalized spacial score (nSPS) is 10.3. The lowest BCUT2D eigenvalue weighted by Crippen LogP contribution is -2.28. The topological polar surface area (TPSA) is 54.3 Å². The molecule has 0 atom stereocenters. The number of hydrogen-bond acceptors (Lipinski definition) is 2. The Labute approximate surface area is 112 Å². The second-order valence-electron chi connectivity index (χ2n) is 4.62. The smallest absolute Gasteiger partial charge is 0.319 e. The van der Waals surface area contributed by atoms with Gasteiger partial charge < -0.3 is 15.1 Å². The molecule has 0 aliphatic rings. The summed E-state index contributed by atoms with van der Waals surface area (Å²) in [4.78, 5) is 11.7. The van der Waals surface area contributed by atoms with Gasteiger partial charge in [0, 0.05) is 5.69 Å². The van der Waals surface area contributed by atoms with Gasteiger partial charge in [-0.05, 0) is 56.2 Å². The summed E-state index contributed by atoms with van der Waals surface area (Å²) < 4.78 is 5.38. The first-order valence-electron chi connectivity index (χ1n) is 6.22. The molecule has 0 aliphatic heterocycles. The molecule has 1 aromatic heterocycles. The van der Waals surface area contributed by atoms with Crippen LogP contribution in [0, 0.1) is 20.8 Å². The predicted molar refractivity (Wildman–Crippen MR) is 75.2 cm³/mol. The van der Waals surface area contributed by atoms with Crippen LogP contribution in [0.4, 0.5) is 10.5 Å². The molecule has 0 unspecified atom stereocenters. The zero-order valence-corrected chi connectivity index (χ0v) is 11.4. The van der Waals surface area contributed by atoms with Gasteiger partial charge in [0.05, 0.1) is 6.54 Å². The van der Waals surface area contributed by atoms with E-state index in [0.29, 0.717) is 6.54 Å². The molecular weight excluding hydrogens is 240 g/mol. The van der Waals surface area contributed by atoms with Crippen LogP contribution >= 0.6 is 0 Å². The van der Waals surface area contributed by atoms with Gasteiger partial charge in [0.1, 0.15) is 11.5 Å². The van der Waals surface area contributed by atoms with Crippen LogP contribution in [0.3, 0.4) is 0 Å². The SMILES string of the molecule is Cc1ccc(CNC(=O)Nc2ccc(C)c(C)c2)o1. The van der Waals surface area contributed by atoms with Gasteiger partial charge in [0.25, 0.3) is 0 Å². The van der Waals surface area contributed by atoms with Gasteiger partial charge in [-0.25, -0.2) is 4.79 Å². The van der Waals surface area contributed by atoms with E-state index >= 15 is 0 Å². The van der Waals surface area contributed by atoms with Crippen LogP contribution in [0.1, 0.15) is 22.6 Å². The van der Waals surface area contributed by atoms with Crippen molar-refractivity contribution in [1.29, 1.82) is 0 Å². The summed E-state index contributed by atoms with van der Waals surface area (Å²) in [6, 6.07) is 9.31. The number of aryl methyl sites for hydroxylation is 3. The average Bonchev–Trinajstić information content (AvgIpc) is 2.77. The minimum Gasteiger partial charge on any atom is -0.465 e. The summed E-state index contributed by atoms with van der Waals surface area (Å²) in [5.74, 6) is 1.58. The molecule has 4 heteroatoms. The molecule has 100 valence electrons. The number of urea groups is 1. The fraction of sp³-hybridized carbons (Fsp3) is 0.267. The Hall–Kier alpha value is -2.23. The average molecular weight is 258 g/mol. The van der Waals surface area contributed by atoms with E-state index in [-0.39, 0.29) is 6.03 Å². The van der Waals surface area contributed by atoms with E-state index in [4.69, 9.17) is 4.42 Å². The quantitative estimate of drug-likeness (QED) is 0.885. The lowest BCUT2D eigenvalue weighted by molar-refractivity contribution is 0.250. The number of benzene rings is 1. The monoisotopic (exact) mass is 258 g/mol. The molecule has 0 fully saturated rings. The Morgan fingerprint density at radius 1 is 1.11 bits per heavy atom. The molecule has 1 heterocycles. The van der Waals surface area contributed by atoms with Gasteiger partial charge in [0.2, 0.25) is 0 Å². The fourth-order valence-electron chi connectivity index (χ4n) is 1.74. The van der Waals surface area contributed by atoms with Crippen molar-refractivity contribution in [1.82, 2.24) is 5.32 Å². The van der Waals surface area contributed by atoms with Crippen LogP contribution in [0.15, 0.2) is 34.7 Å². The van der Waals surface area contributed by atoms with Crippen LogP contribution in [-0.4, -0.2) is 6.03 Å². The number of hydrogen-bond donors (Lipinski definition) is 2. The van der Waals surface area contributed by atoms with E-state index in [0.717, 1.165) is 22.8 Å². The molecule has 2 rings (SSSR count). The Bertz CT molecular complexity index is 588. The molecule has 19 heavy (non-hydrogen) atoms. The number of carbonyl (C=O) groups excluding carboxylic acids is 1. The standard InChI is InChI=1S/C15H18N2O2/c1-10-4-6-13(8-11(10)2)17-15(18)16-9-14-7-5-12(3)19-14/h4-8H,9H2,1-3H3,(H2,16,17,18). The number of amides is 2. The summed E-state index contributed by atoms with van der Waals surface area (Å²) in [7, 11) is 0.